The first-order chi connectivity index (χ1) is 8.19. The maximum absolute atomic E-state index is 6.24. The molecule has 3 heteroatoms. The SMILES string of the molecule is CC1CN(CCC(N)CC(C)(C)C)CC(C)N1C. The second kappa shape index (κ2) is 6.36. The maximum Gasteiger partial charge on any atom is 0.0195 e. The van der Waals surface area contributed by atoms with Gasteiger partial charge in [-0.25, -0.2) is 0 Å². The van der Waals surface area contributed by atoms with Gasteiger partial charge in [0.2, 0.25) is 0 Å². The third kappa shape index (κ3) is 5.25. The van der Waals surface area contributed by atoms with E-state index in [4.69, 9.17) is 5.73 Å². The molecule has 2 N–H and O–H groups in total. The lowest BCUT2D eigenvalue weighted by molar-refractivity contribution is 0.0577. The van der Waals surface area contributed by atoms with Crippen molar-refractivity contribution < 1.29 is 0 Å². The smallest absolute Gasteiger partial charge is 0.0195 e. The van der Waals surface area contributed by atoms with Crippen molar-refractivity contribution >= 4 is 0 Å². The van der Waals surface area contributed by atoms with Crippen LogP contribution in [0.25, 0.3) is 0 Å². The Morgan fingerprint density at radius 2 is 1.67 bits per heavy atom. The van der Waals surface area contributed by atoms with Gasteiger partial charge >= 0.3 is 0 Å². The van der Waals surface area contributed by atoms with Crippen molar-refractivity contribution in [2.24, 2.45) is 11.1 Å². The van der Waals surface area contributed by atoms with Gasteiger partial charge in [-0.15, -0.1) is 0 Å². The van der Waals surface area contributed by atoms with Gasteiger partial charge in [-0.3, -0.25) is 4.90 Å². The topological polar surface area (TPSA) is 32.5 Å². The zero-order valence-corrected chi connectivity index (χ0v) is 13.2. The molecule has 1 heterocycles. The van der Waals surface area contributed by atoms with Gasteiger partial charge < -0.3 is 10.6 Å². The van der Waals surface area contributed by atoms with E-state index in [9.17, 15) is 0 Å². The Hall–Kier alpha value is -0.120. The van der Waals surface area contributed by atoms with Gasteiger partial charge in [-0.1, -0.05) is 20.8 Å². The molecule has 3 nitrogen and oxygen atoms in total. The second-order valence-electron chi connectivity index (χ2n) is 7.44. The van der Waals surface area contributed by atoms with Crippen molar-refractivity contribution in [1.29, 1.82) is 0 Å². The Morgan fingerprint density at radius 1 is 1.17 bits per heavy atom. The summed E-state index contributed by atoms with van der Waals surface area (Å²) in [6, 6.07) is 1.66. The number of rotatable bonds is 4. The Labute approximate surface area is 114 Å². The van der Waals surface area contributed by atoms with Gasteiger partial charge in [0.25, 0.3) is 0 Å². The number of hydrogen-bond acceptors (Lipinski definition) is 3. The quantitative estimate of drug-likeness (QED) is 0.835. The first-order valence-corrected chi connectivity index (χ1v) is 7.39. The number of hydrogen-bond donors (Lipinski definition) is 1. The first-order valence-electron chi connectivity index (χ1n) is 7.39. The highest BCUT2D eigenvalue weighted by Gasteiger charge is 2.26. The van der Waals surface area contributed by atoms with E-state index in [1.54, 1.807) is 0 Å². The largest absolute Gasteiger partial charge is 0.328 e. The molecule has 1 saturated heterocycles. The summed E-state index contributed by atoms with van der Waals surface area (Å²) in [6.45, 7) is 15.0. The van der Waals surface area contributed by atoms with Crippen LogP contribution < -0.4 is 5.73 Å². The molecule has 3 atom stereocenters. The molecule has 0 spiro atoms. The molecule has 3 unspecified atom stereocenters. The number of nitrogens with two attached hydrogens (primary N) is 1. The van der Waals surface area contributed by atoms with Crippen LogP contribution in [0.15, 0.2) is 0 Å². The normalized spacial score (nSPS) is 29.5. The monoisotopic (exact) mass is 255 g/mol. The van der Waals surface area contributed by atoms with Gasteiger partial charge in [-0.05, 0) is 45.7 Å². The lowest BCUT2D eigenvalue weighted by Crippen LogP contribution is -2.55. The molecular formula is C15H33N3. The molecule has 0 bridgehead atoms. The Kier molecular flexibility index (Phi) is 5.63. The van der Waals surface area contributed by atoms with Crippen LogP contribution in [0, 0.1) is 5.41 Å². The predicted octanol–water partition coefficient (Wildman–Crippen LogP) is 2.16. The molecule has 0 radical (unpaired) electrons. The summed E-state index contributed by atoms with van der Waals surface area (Å²) in [7, 11) is 2.23. The molecule has 1 aliphatic rings. The van der Waals surface area contributed by atoms with Crippen molar-refractivity contribution in [3.05, 3.63) is 0 Å². The van der Waals surface area contributed by atoms with Gasteiger partial charge in [0, 0.05) is 31.2 Å². The average molecular weight is 255 g/mol. The predicted molar refractivity (Wildman–Crippen MR) is 79.8 cm³/mol. The fourth-order valence-corrected chi connectivity index (χ4v) is 2.93. The molecule has 18 heavy (non-hydrogen) atoms. The van der Waals surface area contributed by atoms with Crippen molar-refractivity contribution in [2.45, 2.75) is 65.6 Å². The van der Waals surface area contributed by atoms with E-state index in [-0.39, 0.29) is 0 Å². The molecule has 1 rings (SSSR count). The third-order valence-electron chi connectivity index (χ3n) is 4.13. The van der Waals surface area contributed by atoms with Crippen molar-refractivity contribution in [3.63, 3.8) is 0 Å². The molecule has 1 aliphatic heterocycles. The summed E-state index contributed by atoms with van der Waals surface area (Å²) in [5, 5.41) is 0. The van der Waals surface area contributed by atoms with Crippen LogP contribution in [0.5, 0.6) is 0 Å². The van der Waals surface area contributed by atoms with Crippen LogP contribution in [0.4, 0.5) is 0 Å². The fourth-order valence-electron chi connectivity index (χ4n) is 2.93. The summed E-state index contributed by atoms with van der Waals surface area (Å²) in [4.78, 5) is 5.06. The van der Waals surface area contributed by atoms with Gasteiger partial charge in [-0.2, -0.15) is 0 Å². The number of likely N-dealkylation sites (N-methyl/N-ethyl adjacent to an activating group) is 1. The van der Waals surface area contributed by atoms with Crippen LogP contribution in [0.2, 0.25) is 0 Å². The highest BCUT2D eigenvalue weighted by atomic mass is 15.3. The van der Waals surface area contributed by atoms with Gasteiger partial charge in [0.15, 0.2) is 0 Å². The standard InChI is InChI=1S/C15H33N3/c1-12-10-18(11-13(2)17(12)6)8-7-14(16)9-15(3,4)5/h12-14H,7-11,16H2,1-6H3. The minimum Gasteiger partial charge on any atom is -0.328 e. The Morgan fingerprint density at radius 3 is 2.11 bits per heavy atom. The molecule has 1 fully saturated rings. The Bertz CT molecular complexity index is 235. The molecule has 0 aliphatic carbocycles. The summed E-state index contributed by atoms with van der Waals surface area (Å²) in [6.07, 6.45) is 2.24. The van der Waals surface area contributed by atoms with Crippen LogP contribution in [-0.4, -0.2) is 54.6 Å². The molecule has 0 aromatic heterocycles. The number of nitrogens with zero attached hydrogens (tertiary/aromatic N) is 2. The highest BCUT2D eigenvalue weighted by molar-refractivity contribution is 4.83. The number of piperazine rings is 1. The molecule has 108 valence electrons. The zero-order valence-electron chi connectivity index (χ0n) is 13.2. The zero-order chi connectivity index (χ0) is 13.9. The molecule has 0 saturated carbocycles. The summed E-state index contributed by atoms with van der Waals surface area (Å²) >= 11 is 0. The average Bonchev–Trinajstić information content (AvgIpc) is 2.20. The lowest BCUT2D eigenvalue weighted by Gasteiger charge is -2.42. The first kappa shape index (κ1) is 15.9. The molecule has 0 amide bonds. The van der Waals surface area contributed by atoms with Crippen LogP contribution >= 0.6 is 0 Å². The van der Waals surface area contributed by atoms with Crippen LogP contribution in [-0.2, 0) is 0 Å². The summed E-state index contributed by atoms with van der Waals surface area (Å²) in [5.41, 5.74) is 6.59. The minimum atomic E-state index is 0.343. The van der Waals surface area contributed by atoms with E-state index in [0.717, 1.165) is 19.4 Å². The lowest BCUT2D eigenvalue weighted by atomic mass is 9.87. The van der Waals surface area contributed by atoms with E-state index in [1.807, 2.05) is 0 Å². The molecule has 0 aromatic rings. The highest BCUT2D eigenvalue weighted by Crippen LogP contribution is 2.21. The maximum atomic E-state index is 6.24. The fraction of sp³-hybridized carbons (Fsp3) is 1.00. The summed E-state index contributed by atoms with van der Waals surface area (Å²) in [5.74, 6) is 0. The van der Waals surface area contributed by atoms with E-state index in [1.165, 1.54) is 13.1 Å². The summed E-state index contributed by atoms with van der Waals surface area (Å²) < 4.78 is 0. The van der Waals surface area contributed by atoms with Crippen LogP contribution in [0.3, 0.4) is 0 Å². The van der Waals surface area contributed by atoms with Crippen molar-refractivity contribution in [2.75, 3.05) is 26.7 Å². The molecule has 0 aromatic carbocycles. The van der Waals surface area contributed by atoms with Crippen LogP contribution in [0.1, 0.15) is 47.5 Å². The third-order valence-corrected chi connectivity index (χ3v) is 4.13. The van der Waals surface area contributed by atoms with E-state index < -0.39 is 0 Å². The van der Waals surface area contributed by atoms with Gasteiger partial charge in [0.1, 0.15) is 0 Å². The van der Waals surface area contributed by atoms with E-state index in [2.05, 4.69) is 51.5 Å². The Balaban J connectivity index is 2.31. The van der Waals surface area contributed by atoms with E-state index >= 15 is 0 Å². The second-order valence-corrected chi connectivity index (χ2v) is 7.44. The van der Waals surface area contributed by atoms with E-state index in [0.29, 0.717) is 23.5 Å². The minimum absolute atomic E-state index is 0.343. The molecular weight excluding hydrogens is 222 g/mol. The van der Waals surface area contributed by atoms with Gasteiger partial charge in [0.05, 0.1) is 0 Å². The van der Waals surface area contributed by atoms with Crippen molar-refractivity contribution in [1.82, 2.24) is 9.80 Å². The van der Waals surface area contributed by atoms with Crippen molar-refractivity contribution in [3.8, 4) is 0 Å².